The molecule has 0 aromatic heterocycles. The van der Waals surface area contributed by atoms with Gasteiger partial charge >= 0.3 is 0 Å². The van der Waals surface area contributed by atoms with Gasteiger partial charge in [0.2, 0.25) is 11.8 Å². The minimum absolute atomic E-state index is 0.0319. The van der Waals surface area contributed by atoms with Gasteiger partial charge < -0.3 is 15.0 Å². The average Bonchev–Trinajstić information content (AvgIpc) is 3.24. The number of nitrogens with one attached hydrogen (secondary N) is 1. The first-order valence-electron chi connectivity index (χ1n) is 10.1. The van der Waals surface area contributed by atoms with Crippen molar-refractivity contribution < 1.29 is 14.3 Å². The van der Waals surface area contributed by atoms with Crippen LogP contribution in [0.1, 0.15) is 20.3 Å². The molecular weight excluding hydrogens is 366 g/mol. The summed E-state index contributed by atoms with van der Waals surface area (Å²) in [7, 11) is 1.63. The van der Waals surface area contributed by atoms with E-state index >= 15 is 0 Å². The topological polar surface area (TPSA) is 61.9 Å². The van der Waals surface area contributed by atoms with Crippen LogP contribution in [0.15, 0.2) is 48.5 Å². The molecule has 4 rings (SSSR count). The first kappa shape index (κ1) is 19.5. The molecule has 0 saturated carbocycles. The van der Waals surface area contributed by atoms with Crippen LogP contribution < -0.4 is 15.0 Å². The van der Waals surface area contributed by atoms with Crippen molar-refractivity contribution in [1.82, 2.24) is 10.2 Å². The molecule has 0 spiro atoms. The summed E-state index contributed by atoms with van der Waals surface area (Å²) in [6.45, 7) is 4.83. The number of ether oxygens (including phenoxy) is 1. The number of amides is 2. The van der Waals surface area contributed by atoms with E-state index in [1.165, 1.54) is 0 Å². The fraction of sp³-hybridized carbons (Fsp3) is 0.391. The molecule has 29 heavy (non-hydrogen) atoms. The van der Waals surface area contributed by atoms with Crippen LogP contribution in [0.3, 0.4) is 0 Å². The predicted octanol–water partition coefficient (Wildman–Crippen LogP) is 2.68. The Morgan fingerprint density at radius 3 is 2.59 bits per heavy atom. The number of hydrogen-bond acceptors (Lipinski definition) is 4. The third kappa shape index (κ3) is 3.72. The number of anilines is 1. The van der Waals surface area contributed by atoms with Gasteiger partial charge in [0, 0.05) is 12.6 Å². The zero-order valence-electron chi connectivity index (χ0n) is 17.1. The lowest BCUT2D eigenvalue weighted by molar-refractivity contribution is -0.126. The smallest absolute Gasteiger partial charge is 0.244 e. The molecule has 0 radical (unpaired) electrons. The third-order valence-corrected chi connectivity index (χ3v) is 5.61. The van der Waals surface area contributed by atoms with Crippen LogP contribution in [-0.2, 0) is 9.59 Å². The quantitative estimate of drug-likeness (QED) is 0.820. The zero-order chi connectivity index (χ0) is 20.5. The van der Waals surface area contributed by atoms with Crippen LogP contribution in [0.2, 0.25) is 0 Å². The van der Waals surface area contributed by atoms with Crippen LogP contribution in [0.5, 0.6) is 5.75 Å². The van der Waals surface area contributed by atoms with Gasteiger partial charge in [-0.2, -0.15) is 0 Å². The number of benzene rings is 2. The zero-order valence-corrected chi connectivity index (χ0v) is 17.1. The molecule has 2 heterocycles. The highest BCUT2D eigenvalue weighted by molar-refractivity contribution is 6.03. The summed E-state index contributed by atoms with van der Waals surface area (Å²) in [6.07, 6.45) is 0.743. The van der Waals surface area contributed by atoms with Gasteiger partial charge in [-0.3, -0.25) is 14.5 Å². The normalized spacial score (nSPS) is 21.1. The third-order valence-electron chi connectivity index (χ3n) is 5.61. The highest BCUT2D eigenvalue weighted by Gasteiger charge is 2.51. The van der Waals surface area contributed by atoms with Crippen molar-refractivity contribution in [3.8, 4) is 16.9 Å². The van der Waals surface area contributed by atoms with Crippen LogP contribution in [-0.4, -0.2) is 55.0 Å². The number of nitrogens with zero attached hydrogens (tertiary/aromatic N) is 2. The summed E-state index contributed by atoms with van der Waals surface area (Å²) in [5, 5.41) is 2.91. The van der Waals surface area contributed by atoms with Crippen molar-refractivity contribution in [2.75, 3.05) is 25.1 Å². The number of likely N-dealkylation sites (tertiary alicyclic amines) is 1. The van der Waals surface area contributed by atoms with E-state index in [1.54, 1.807) is 7.11 Å². The highest BCUT2D eigenvalue weighted by atomic mass is 16.5. The Morgan fingerprint density at radius 1 is 1.17 bits per heavy atom. The Balaban J connectivity index is 1.57. The Labute approximate surface area is 171 Å². The molecule has 2 aliphatic heterocycles. The molecule has 2 fully saturated rings. The molecule has 2 saturated heterocycles. The van der Waals surface area contributed by atoms with Gasteiger partial charge in [0.05, 0.1) is 31.4 Å². The summed E-state index contributed by atoms with van der Waals surface area (Å²) in [5.41, 5.74) is 2.95. The average molecular weight is 393 g/mol. The second-order valence-corrected chi connectivity index (χ2v) is 8.02. The fourth-order valence-electron chi connectivity index (χ4n) is 4.39. The molecule has 2 atom stereocenters. The van der Waals surface area contributed by atoms with Gasteiger partial charge in [0.15, 0.2) is 0 Å². The van der Waals surface area contributed by atoms with Crippen molar-refractivity contribution in [2.45, 2.75) is 38.4 Å². The van der Waals surface area contributed by atoms with E-state index in [0.717, 1.165) is 23.2 Å². The van der Waals surface area contributed by atoms with Crippen molar-refractivity contribution in [1.29, 1.82) is 0 Å². The number of hydrogen-bond donors (Lipinski definition) is 1. The molecule has 152 valence electrons. The van der Waals surface area contributed by atoms with Crippen molar-refractivity contribution >= 4 is 17.5 Å². The predicted molar refractivity (Wildman–Crippen MR) is 113 cm³/mol. The first-order valence-corrected chi connectivity index (χ1v) is 10.1. The fourth-order valence-corrected chi connectivity index (χ4v) is 4.39. The van der Waals surface area contributed by atoms with Crippen LogP contribution >= 0.6 is 0 Å². The summed E-state index contributed by atoms with van der Waals surface area (Å²) >= 11 is 0. The first-order chi connectivity index (χ1) is 14.0. The standard InChI is InChI=1S/C23H27N3O3/c1-15(2)24-22(27)14-25-13-18-12-20(25)23(28)26(18)19-11-17(9-10-21(19)29-3)16-7-5-4-6-8-16/h4-11,15,18,20H,12-14H2,1-3H3,(H,24,27)/t18-,20-/m0/s1. The van der Waals surface area contributed by atoms with E-state index in [4.69, 9.17) is 4.74 Å². The molecule has 0 unspecified atom stereocenters. The van der Waals surface area contributed by atoms with Gasteiger partial charge in [0.1, 0.15) is 5.75 Å². The number of methoxy groups -OCH3 is 1. The van der Waals surface area contributed by atoms with E-state index in [0.29, 0.717) is 12.3 Å². The van der Waals surface area contributed by atoms with Gasteiger partial charge in [-0.05, 0) is 43.5 Å². The molecule has 2 aromatic rings. The lowest BCUT2D eigenvalue weighted by Gasteiger charge is -2.34. The van der Waals surface area contributed by atoms with E-state index in [2.05, 4.69) is 17.4 Å². The van der Waals surface area contributed by atoms with E-state index in [-0.39, 0.29) is 36.5 Å². The molecule has 0 aliphatic carbocycles. The second-order valence-electron chi connectivity index (χ2n) is 8.02. The van der Waals surface area contributed by atoms with Crippen LogP contribution in [0.4, 0.5) is 5.69 Å². The van der Waals surface area contributed by atoms with Crippen molar-refractivity contribution in [3.05, 3.63) is 48.5 Å². The summed E-state index contributed by atoms with van der Waals surface area (Å²) in [4.78, 5) is 29.2. The van der Waals surface area contributed by atoms with E-state index in [1.807, 2.05) is 60.0 Å². The molecule has 2 bridgehead atoms. The largest absolute Gasteiger partial charge is 0.495 e. The molecule has 6 heteroatoms. The van der Waals surface area contributed by atoms with Gasteiger partial charge in [0.25, 0.3) is 0 Å². The number of fused-ring (bicyclic) bond motifs is 2. The van der Waals surface area contributed by atoms with Gasteiger partial charge in [-0.15, -0.1) is 0 Å². The minimum Gasteiger partial charge on any atom is -0.495 e. The molecular formula is C23H27N3O3. The lowest BCUT2D eigenvalue weighted by atomic mass is 10.0. The summed E-state index contributed by atoms with van der Waals surface area (Å²) < 4.78 is 5.57. The van der Waals surface area contributed by atoms with E-state index < -0.39 is 0 Å². The Kier molecular flexibility index (Phi) is 5.28. The Bertz CT molecular complexity index is 913. The lowest BCUT2D eigenvalue weighted by Crippen LogP contribution is -2.53. The second kappa shape index (κ2) is 7.87. The highest BCUT2D eigenvalue weighted by Crippen LogP contribution is 2.41. The van der Waals surface area contributed by atoms with Gasteiger partial charge in [-0.25, -0.2) is 0 Å². The molecule has 2 aromatic carbocycles. The van der Waals surface area contributed by atoms with Crippen molar-refractivity contribution in [3.63, 3.8) is 0 Å². The van der Waals surface area contributed by atoms with Crippen molar-refractivity contribution in [2.24, 2.45) is 0 Å². The molecule has 2 amide bonds. The Hall–Kier alpha value is -2.86. The van der Waals surface area contributed by atoms with Crippen LogP contribution in [0, 0.1) is 0 Å². The number of rotatable bonds is 6. The summed E-state index contributed by atoms with van der Waals surface area (Å²) in [6, 6.07) is 16.0. The van der Waals surface area contributed by atoms with Gasteiger partial charge in [-0.1, -0.05) is 36.4 Å². The Morgan fingerprint density at radius 2 is 1.93 bits per heavy atom. The molecule has 6 nitrogen and oxygen atoms in total. The maximum atomic E-state index is 13.2. The van der Waals surface area contributed by atoms with Crippen LogP contribution in [0.25, 0.3) is 11.1 Å². The maximum Gasteiger partial charge on any atom is 0.244 e. The molecule has 2 aliphatic rings. The minimum atomic E-state index is -0.247. The number of piperazine rings is 1. The number of carbonyl (C=O) groups is 2. The number of carbonyl (C=O) groups excluding carboxylic acids is 2. The van der Waals surface area contributed by atoms with E-state index in [9.17, 15) is 9.59 Å². The SMILES string of the molecule is COc1ccc(-c2ccccc2)cc1N1C(=O)[C@@H]2C[C@H]1CN2CC(=O)NC(C)C. The summed E-state index contributed by atoms with van der Waals surface area (Å²) in [5.74, 6) is 0.701. The monoisotopic (exact) mass is 393 g/mol. The maximum absolute atomic E-state index is 13.2. The molecule has 1 N–H and O–H groups in total.